The van der Waals surface area contributed by atoms with Crippen molar-refractivity contribution in [2.24, 2.45) is 7.05 Å². The highest BCUT2D eigenvalue weighted by Gasteiger charge is 2.25. The molecule has 7 heteroatoms. The van der Waals surface area contributed by atoms with Gasteiger partial charge in [-0.15, -0.1) is 0 Å². The van der Waals surface area contributed by atoms with Crippen LogP contribution in [0, 0.1) is 6.92 Å². The van der Waals surface area contributed by atoms with E-state index in [1.54, 1.807) is 16.5 Å². The van der Waals surface area contributed by atoms with E-state index in [1.165, 1.54) is 0 Å². The number of benzene rings is 1. The zero-order valence-corrected chi connectivity index (χ0v) is 17.1. The van der Waals surface area contributed by atoms with Crippen molar-refractivity contribution >= 4 is 22.8 Å². The van der Waals surface area contributed by atoms with Gasteiger partial charge in [0.15, 0.2) is 5.65 Å². The third-order valence-corrected chi connectivity index (χ3v) is 5.50. The van der Waals surface area contributed by atoms with Crippen LogP contribution >= 0.6 is 0 Å². The van der Waals surface area contributed by atoms with Gasteiger partial charge in [0, 0.05) is 45.7 Å². The van der Waals surface area contributed by atoms with Crippen LogP contribution in [0.25, 0.3) is 22.3 Å². The van der Waals surface area contributed by atoms with Gasteiger partial charge in [-0.25, -0.2) is 4.98 Å². The molecule has 0 spiro atoms. The first-order valence-corrected chi connectivity index (χ1v) is 9.90. The third-order valence-electron chi connectivity index (χ3n) is 5.50. The number of hydrogen-bond donors (Lipinski definition) is 0. The van der Waals surface area contributed by atoms with E-state index in [-0.39, 0.29) is 11.8 Å². The molecule has 1 aliphatic rings. The first kappa shape index (κ1) is 19.1. The van der Waals surface area contributed by atoms with Crippen molar-refractivity contribution < 1.29 is 9.59 Å². The predicted octanol–water partition coefficient (Wildman–Crippen LogP) is 2.64. The second-order valence-electron chi connectivity index (χ2n) is 7.48. The Morgan fingerprint density at radius 3 is 2.41 bits per heavy atom. The summed E-state index contributed by atoms with van der Waals surface area (Å²) in [5.41, 5.74) is 3.83. The molecule has 0 unspecified atom stereocenters. The number of pyridine rings is 1. The summed E-state index contributed by atoms with van der Waals surface area (Å²) in [5.74, 6) is 0.0242. The molecule has 0 aliphatic carbocycles. The summed E-state index contributed by atoms with van der Waals surface area (Å²) >= 11 is 0. The second-order valence-corrected chi connectivity index (χ2v) is 7.48. The normalized spacial score (nSPS) is 14.9. The van der Waals surface area contributed by atoms with E-state index in [1.807, 2.05) is 55.3 Å². The molecular weight excluding hydrogens is 366 g/mol. The molecule has 2 amide bonds. The molecule has 0 radical (unpaired) electrons. The number of fused-ring (bicyclic) bond motifs is 1. The summed E-state index contributed by atoms with van der Waals surface area (Å²) < 4.78 is 1.73. The van der Waals surface area contributed by atoms with Crippen LogP contribution in [-0.2, 0) is 11.8 Å². The lowest BCUT2D eigenvalue weighted by atomic mass is 10.0. The first-order chi connectivity index (χ1) is 14.0. The van der Waals surface area contributed by atoms with Crippen molar-refractivity contribution in [1.82, 2.24) is 24.6 Å². The Morgan fingerprint density at radius 2 is 1.69 bits per heavy atom. The maximum atomic E-state index is 13.5. The molecule has 150 valence electrons. The summed E-state index contributed by atoms with van der Waals surface area (Å²) in [6.45, 7) is 5.89. The number of rotatable bonds is 2. The van der Waals surface area contributed by atoms with Gasteiger partial charge in [0.25, 0.3) is 5.91 Å². The Balaban J connectivity index is 1.77. The Morgan fingerprint density at radius 1 is 1.00 bits per heavy atom. The van der Waals surface area contributed by atoms with E-state index in [4.69, 9.17) is 4.98 Å². The zero-order chi connectivity index (χ0) is 20.5. The number of nitrogens with zero attached hydrogens (tertiary/aromatic N) is 5. The maximum absolute atomic E-state index is 13.5. The first-order valence-electron chi connectivity index (χ1n) is 9.90. The van der Waals surface area contributed by atoms with Gasteiger partial charge in [0.2, 0.25) is 5.91 Å². The summed E-state index contributed by atoms with van der Waals surface area (Å²) in [6, 6.07) is 11.7. The van der Waals surface area contributed by atoms with Gasteiger partial charge in [0.1, 0.15) is 0 Å². The number of aryl methyl sites for hydroxylation is 2. The molecule has 3 heterocycles. The molecule has 1 aliphatic heterocycles. The van der Waals surface area contributed by atoms with Crippen LogP contribution in [0.2, 0.25) is 0 Å². The van der Waals surface area contributed by atoms with Gasteiger partial charge in [-0.1, -0.05) is 30.3 Å². The monoisotopic (exact) mass is 391 g/mol. The third kappa shape index (κ3) is 3.60. The van der Waals surface area contributed by atoms with Gasteiger partial charge in [0.05, 0.1) is 22.3 Å². The molecule has 1 saturated heterocycles. The van der Waals surface area contributed by atoms with Crippen LogP contribution in [0.15, 0.2) is 36.4 Å². The maximum Gasteiger partial charge on any atom is 0.254 e. The molecular formula is C22H25N5O2. The number of aromatic nitrogens is 3. The fraction of sp³-hybridized carbons (Fsp3) is 0.364. The lowest BCUT2D eigenvalue weighted by Gasteiger charge is -2.22. The van der Waals surface area contributed by atoms with Crippen LogP contribution in [0.5, 0.6) is 0 Å². The highest BCUT2D eigenvalue weighted by Crippen LogP contribution is 2.28. The smallest absolute Gasteiger partial charge is 0.254 e. The quantitative estimate of drug-likeness (QED) is 0.673. The molecule has 0 N–H and O–H groups in total. The van der Waals surface area contributed by atoms with E-state index >= 15 is 0 Å². The summed E-state index contributed by atoms with van der Waals surface area (Å²) in [5, 5.41) is 5.29. The standard InChI is InChI=1S/C22H25N5O2/c1-15-20-18(22(29)27-11-7-10-26(12-13-27)16(2)28)14-19(17-8-5-4-6-9-17)23-21(20)25(3)24-15/h4-6,8-9,14H,7,10-13H2,1-3H3. The van der Waals surface area contributed by atoms with Crippen molar-refractivity contribution in [2.45, 2.75) is 20.3 Å². The van der Waals surface area contributed by atoms with Crippen molar-refractivity contribution in [3.8, 4) is 11.3 Å². The molecule has 0 bridgehead atoms. The largest absolute Gasteiger partial charge is 0.341 e. The Kier molecular flexibility index (Phi) is 5.05. The van der Waals surface area contributed by atoms with Crippen molar-refractivity contribution in [2.75, 3.05) is 26.2 Å². The number of carbonyl (C=O) groups excluding carboxylic acids is 2. The van der Waals surface area contributed by atoms with Crippen molar-refractivity contribution in [3.05, 3.63) is 47.7 Å². The predicted molar refractivity (Wildman–Crippen MR) is 111 cm³/mol. The average molecular weight is 391 g/mol. The van der Waals surface area contributed by atoms with Crippen molar-refractivity contribution in [3.63, 3.8) is 0 Å². The zero-order valence-electron chi connectivity index (χ0n) is 17.1. The number of hydrogen-bond acceptors (Lipinski definition) is 4. The Labute approximate surface area is 169 Å². The minimum Gasteiger partial charge on any atom is -0.341 e. The van der Waals surface area contributed by atoms with Crippen LogP contribution in [-0.4, -0.2) is 62.6 Å². The molecule has 0 atom stereocenters. The Hall–Kier alpha value is -3.22. The number of carbonyl (C=O) groups is 2. The van der Waals surface area contributed by atoms with Gasteiger partial charge < -0.3 is 9.80 Å². The minimum atomic E-state index is -0.0314. The Bertz CT molecular complexity index is 1070. The fourth-order valence-corrected chi connectivity index (χ4v) is 3.98. The second kappa shape index (κ2) is 7.66. The van der Waals surface area contributed by atoms with Crippen LogP contribution in [0.4, 0.5) is 0 Å². The lowest BCUT2D eigenvalue weighted by Crippen LogP contribution is -2.36. The molecule has 1 fully saturated rings. The van der Waals surface area contributed by atoms with Crippen LogP contribution in [0.3, 0.4) is 0 Å². The van der Waals surface area contributed by atoms with E-state index in [9.17, 15) is 9.59 Å². The van der Waals surface area contributed by atoms with Crippen LogP contribution in [0.1, 0.15) is 29.4 Å². The van der Waals surface area contributed by atoms with Gasteiger partial charge >= 0.3 is 0 Å². The average Bonchev–Trinajstić information content (AvgIpc) is 2.90. The van der Waals surface area contributed by atoms with Gasteiger partial charge in [-0.05, 0) is 19.4 Å². The molecule has 7 nitrogen and oxygen atoms in total. The molecule has 4 rings (SSSR count). The van der Waals surface area contributed by atoms with E-state index in [2.05, 4.69) is 5.10 Å². The topological polar surface area (TPSA) is 71.3 Å². The lowest BCUT2D eigenvalue weighted by molar-refractivity contribution is -0.128. The van der Waals surface area contributed by atoms with E-state index < -0.39 is 0 Å². The van der Waals surface area contributed by atoms with E-state index in [0.29, 0.717) is 37.4 Å². The summed E-state index contributed by atoms with van der Waals surface area (Å²) in [4.78, 5) is 33.7. The fourth-order valence-electron chi connectivity index (χ4n) is 3.98. The summed E-state index contributed by atoms with van der Waals surface area (Å²) in [7, 11) is 1.85. The molecule has 2 aromatic heterocycles. The molecule has 3 aromatic rings. The molecule has 29 heavy (non-hydrogen) atoms. The van der Waals surface area contributed by atoms with Gasteiger partial charge in [-0.3, -0.25) is 14.3 Å². The molecule has 1 aromatic carbocycles. The molecule has 0 saturated carbocycles. The highest BCUT2D eigenvalue weighted by atomic mass is 16.2. The van der Waals surface area contributed by atoms with Crippen molar-refractivity contribution in [1.29, 1.82) is 0 Å². The summed E-state index contributed by atoms with van der Waals surface area (Å²) in [6.07, 6.45) is 0.775. The number of amides is 2. The highest BCUT2D eigenvalue weighted by molar-refractivity contribution is 6.07. The SMILES string of the molecule is CC(=O)N1CCCN(C(=O)c2cc(-c3ccccc3)nc3c2c(C)nn3C)CC1. The van der Waals surface area contributed by atoms with E-state index in [0.717, 1.165) is 28.8 Å². The van der Waals surface area contributed by atoms with Crippen LogP contribution < -0.4 is 0 Å². The van der Waals surface area contributed by atoms with Gasteiger partial charge in [-0.2, -0.15) is 5.10 Å². The minimum absolute atomic E-state index is 0.0314.